The highest BCUT2D eigenvalue weighted by Crippen LogP contribution is 2.50. The van der Waals surface area contributed by atoms with Crippen molar-refractivity contribution in [2.75, 3.05) is 7.11 Å². The third kappa shape index (κ3) is 6.23. The van der Waals surface area contributed by atoms with E-state index >= 15 is 0 Å². The summed E-state index contributed by atoms with van der Waals surface area (Å²) in [6.45, 7) is 3.81. The lowest BCUT2D eigenvalue weighted by atomic mass is 9.89. The van der Waals surface area contributed by atoms with Gasteiger partial charge in [-0.25, -0.2) is 0 Å². The van der Waals surface area contributed by atoms with Gasteiger partial charge < -0.3 is 14.9 Å². The Morgan fingerprint density at radius 1 is 1.41 bits per heavy atom. The molecule has 2 N–H and O–H groups in total. The number of rotatable bonds is 8. The van der Waals surface area contributed by atoms with Crippen LogP contribution >= 0.6 is 0 Å². The molecule has 0 aromatic rings. The molecular formula is C23H34O4. The second kappa shape index (κ2) is 10.7. The number of unbranched alkanes of at least 4 members (excludes halogenated alkanes) is 1. The second-order valence-corrected chi connectivity index (χ2v) is 8.03. The molecule has 0 spiro atoms. The van der Waals surface area contributed by atoms with Gasteiger partial charge in [-0.1, -0.05) is 30.7 Å². The van der Waals surface area contributed by atoms with Crippen molar-refractivity contribution in [2.45, 2.75) is 71.0 Å². The van der Waals surface area contributed by atoms with Crippen LogP contribution in [0.25, 0.3) is 0 Å². The number of aliphatic hydroxyl groups excluding tert-OH is 2. The Kier molecular flexibility index (Phi) is 8.60. The molecule has 0 aromatic carbocycles. The van der Waals surface area contributed by atoms with Crippen molar-refractivity contribution in [3.8, 4) is 11.8 Å². The zero-order valence-electron chi connectivity index (χ0n) is 16.9. The maximum absolute atomic E-state index is 11.2. The van der Waals surface area contributed by atoms with Gasteiger partial charge in [-0.05, 0) is 56.8 Å². The van der Waals surface area contributed by atoms with E-state index in [9.17, 15) is 15.0 Å². The predicted octanol–water partition coefficient (Wildman–Crippen LogP) is 3.63. The fraction of sp³-hybridized carbons (Fsp3) is 0.696. The quantitative estimate of drug-likeness (QED) is 0.295. The van der Waals surface area contributed by atoms with Gasteiger partial charge >= 0.3 is 5.97 Å². The summed E-state index contributed by atoms with van der Waals surface area (Å²) in [5, 5.41) is 20.8. The maximum Gasteiger partial charge on any atom is 0.305 e. The van der Waals surface area contributed by atoms with Gasteiger partial charge in [0.25, 0.3) is 0 Å². The molecule has 4 heteroatoms. The van der Waals surface area contributed by atoms with E-state index in [0.29, 0.717) is 24.7 Å². The van der Waals surface area contributed by atoms with Gasteiger partial charge in [-0.15, -0.1) is 11.8 Å². The summed E-state index contributed by atoms with van der Waals surface area (Å²) in [6.07, 6.45) is 11.1. The first-order valence-electron chi connectivity index (χ1n) is 10.1. The molecule has 2 rings (SSSR count). The SMILES string of the molecule is CC#CC[C@H](C)[C@H](O)/C=C/[C@H]1[C@H](O)CC2C/C(=C\CCCC(=O)OC)C[C@@H]21. The van der Waals surface area contributed by atoms with E-state index in [0.717, 1.165) is 32.1 Å². The lowest BCUT2D eigenvalue weighted by Gasteiger charge is -2.19. The van der Waals surface area contributed by atoms with Gasteiger partial charge in [0.2, 0.25) is 0 Å². The Labute approximate surface area is 163 Å². The molecule has 0 aromatic heterocycles. The lowest BCUT2D eigenvalue weighted by molar-refractivity contribution is -0.140. The van der Waals surface area contributed by atoms with Crippen LogP contribution in [-0.2, 0) is 9.53 Å². The van der Waals surface area contributed by atoms with E-state index in [1.165, 1.54) is 12.7 Å². The fourth-order valence-corrected chi connectivity index (χ4v) is 4.41. The third-order valence-corrected chi connectivity index (χ3v) is 6.07. The van der Waals surface area contributed by atoms with E-state index in [1.54, 1.807) is 0 Å². The number of carbonyl (C=O) groups excluding carboxylic acids is 1. The van der Waals surface area contributed by atoms with E-state index in [1.807, 2.05) is 26.0 Å². The largest absolute Gasteiger partial charge is 0.469 e. The topological polar surface area (TPSA) is 66.8 Å². The van der Waals surface area contributed by atoms with E-state index in [4.69, 9.17) is 0 Å². The van der Waals surface area contributed by atoms with Crippen molar-refractivity contribution in [3.63, 3.8) is 0 Å². The number of ether oxygens (including phenoxy) is 1. The van der Waals surface area contributed by atoms with Gasteiger partial charge in [-0.2, -0.15) is 0 Å². The number of allylic oxidation sites excluding steroid dienone is 2. The third-order valence-electron chi connectivity index (χ3n) is 6.07. The second-order valence-electron chi connectivity index (χ2n) is 8.03. The van der Waals surface area contributed by atoms with Crippen LogP contribution in [0.5, 0.6) is 0 Å². The number of hydrogen-bond donors (Lipinski definition) is 2. The van der Waals surface area contributed by atoms with Crippen LogP contribution in [-0.4, -0.2) is 35.5 Å². The van der Waals surface area contributed by atoms with E-state index in [2.05, 4.69) is 22.7 Å². The first-order valence-corrected chi connectivity index (χ1v) is 10.1. The summed E-state index contributed by atoms with van der Waals surface area (Å²) in [5.41, 5.74) is 1.45. The van der Waals surface area contributed by atoms with Gasteiger partial charge in [-0.3, -0.25) is 4.79 Å². The summed E-state index contributed by atoms with van der Waals surface area (Å²) in [4.78, 5) is 11.2. The minimum absolute atomic E-state index is 0.0943. The highest BCUT2D eigenvalue weighted by Gasteiger charge is 2.44. The van der Waals surface area contributed by atoms with Crippen LogP contribution in [0.3, 0.4) is 0 Å². The molecule has 150 valence electrons. The average Bonchev–Trinajstić information content (AvgIpc) is 3.17. The number of aliphatic hydroxyl groups is 2. The molecule has 0 heterocycles. The molecule has 6 atom stereocenters. The molecule has 27 heavy (non-hydrogen) atoms. The van der Waals surface area contributed by atoms with Gasteiger partial charge in [0.15, 0.2) is 0 Å². The maximum atomic E-state index is 11.2. The van der Waals surface area contributed by atoms with Crippen molar-refractivity contribution < 1.29 is 19.7 Å². The smallest absolute Gasteiger partial charge is 0.305 e. The monoisotopic (exact) mass is 374 g/mol. The first-order chi connectivity index (χ1) is 13.0. The Morgan fingerprint density at radius 3 is 2.89 bits per heavy atom. The minimum atomic E-state index is -0.521. The molecule has 0 aliphatic heterocycles. The number of hydrogen-bond acceptors (Lipinski definition) is 4. The van der Waals surface area contributed by atoms with Crippen LogP contribution < -0.4 is 0 Å². The van der Waals surface area contributed by atoms with Crippen molar-refractivity contribution in [3.05, 3.63) is 23.8 Å². The minimum Gasteiger partial charge on any atom is -0.469 e. The number of fused-ring (bicyclic) bond motifs is 1. The molecule has 2 fully saturated rings. The fourth-order valence-electron chi connectivity index (χ4n) is 4.41. The van der Waals surface area contributed by atoms with Crippen LogP contribution in [0, 0.1) is 35.5 Å². The number of esters is 1. The van der Waals surface area contributed by atoms with Crippen molar-refractivity contribution >= 4 is 5.97 Å². The summed E-state index contributed by atoms with van der Waals surface area (Å²) in [5.74, 6) is 6.93. The molecule has 2 aliphatic rings. The summed E-state index contributed by atoms with van der Waals surface area (Å²) >= 11 is 0. The number of carbonyl (C=O) groups is 1. The molecule has 2 saturated carbocycles. The van der Waals surface area contributed by atoms with E-state index in [-0.39, 0.29) is 23.9 Å². The van der Waals surface area contributed by atoms with Gasteiger partial charge in [0.1, 0.15) is 0 Å². The van der Waals surface area contributed by atoms with E-state index < -0.39 is 6.10 Å². The Hall–Kier alpha value is -1.57. The van der Waals surface area contributed by atoms with Gasteiger partial charge in [0, 0.05) is 18.8 Å². The highest BCUT2D eigenvalue weighted by molar-refractivity contribution is 5.69. The zero-order chi connectivity index (χ0) is 19.8. The normalized spacial score (nSPS) is 30.8. The van der Waals surface area contributed by atoms with Crippen LogP contribution in [0.15, 0.2) is 23.8 Å². The summed E-state index contributed by atoms with van der Waals surface area (Å²) < 4.78 is 4.67. The molecule has 0 amide bonds. The zero-order valence-corrected chi connectivity index (χ0v) is 16.9. The first kappa shape index (κ1) is 21.7. The standard InChI is InChI=1S/C23H34O4/c1-4-5-8-16(2)21(24)12-11-19-20-14-17(13-18(20)15-22(19)25)9-6-7-10-23(26)27-3/h9,11-12,16,18-22,24-25H,6-8,10,13-15H2,1-3H3/b12-11+,17-9+/t16-,18?,19+,20-,21+,22+/m0/s1. The predicted molar refractivity (Wildman–Crippen MR) is 107 cm³/mol. The average molecular weight is 375 g/mol. The highest BCUT2D eigenvalue weighted by atomic mass is 16.5. The van der Waals surface area contributed by atoms with Crippen molar-refractivity contribution in [2.24, 2.45) is 23.7 Å². The molecule has 2 aliphatic carbocycles. The molecule has 0 bridgehead atoms. The van der Waals surface area contributed by atoms with Crippen LogP contribution in [0.2, 0.25) is 0 Å². The molecular weight excluding hydrogens is 340 g/mol. The van der Waals surface area contributed by atoms with Crippen LogP contribution in [0.1, 0.15) is 58.8 Å². The summed E-state index contributed by atoms with van der Waals surface area (Å²) in [6, 6.07) is 0. The molecule has 0 saturated heterocycles. The Morgan fingerprint density at radius 2 is 2.19 bits per heavy atom. The molecule has 1 unspecified atom stereocenters. The number of methoxy groups -OCH3 is 1. The molecule has 4 nitrogen and oxygen atoms in total. The Balaban J connectivity index is 1.87. The molecule has 0 radical (unpaired) electrons. The van der Waals surface area contributed by atoms with Crippen LogP contribution in [0.4, 0.5) is 0 Å². The van der Waals surface area contributed by atoms with Gasteiger partial charge in [0.05, 0.1) is 19.3 Å². The van der Waals surface area contributed by atoms with Crippen molar-refractivity contribution in [1.82, 2.24) is 0 Å². The Bertz CT molecular complexity index is 610. The summed E-state index contributed by atoms with van der Waals surface area (Å²) in [7, 11) is 1.42. The van der Waals surface area contributed by atoms with Crippen molar-refractivity contribution in [1.29, 1.82) is 0 Å². The lowest BCUT2D eigenvalue weighted by Crippen LogP contribution is -2.19.